The van der Waals surface area contributed by atoms with Gasteiger partial charge in [-0.25, -0.2) is 4.39 Å². The average Bonchev–Trinajstić information content (AvgIpc) is 2.23. The van der Waals surface area contributed by atoms with E-state index in [1.807, 2.05) is 7.05 Å². The number of nitrogens with zero attached hydrogens (tertiary/aromatic N) is 1. The summed E-state index contributed by atoms with van der Waals surface area (Å²) in [6.07, 6.45) is 0. The van der Waals surface area contributed by atoms with Crippen molar-refractivity contribution in [3.05, 3.63) is 24.0 Å². The Hall–Kier alpha value is -1.29. The Morgan fingerprint density at radius 3 is 2.87 bits per heavy atom. The minimum atomic E-state index is -0.268. The molecule has 4 heteroatoms. The molecular formula is C11H18FN3. The summed E-state index contributed by atoms with van der Waals surface area (Å²) in [5, 5.41) is 3.11. The molecule has 84 valence electrons. The van der Waals surface area contributed by atoms with Crippen LogP contribution in [0.2, 0.25) is 0 Å². The Bertz CT molecular complexity index is 315. The van der Waals surface area contributed by atoms with Gasteiger partial charge in [0.1, 0.15) is 5.82 Å². The number of rotatable bonds is 5. The van der Waals surface area contributed by atoms with Crippen LogP contribution in [-0.2, 0) is 0 Å². The van der Waals surface area contributed by atoms with Gasteiger partial charge in [0.15, 0.2) is 0 Å². The number of nitrogens with two attached hydrogens (primary N) is 1. The van der Waals surface area contributed by atoms with E-state index in [2.05, 4.69) is 17.1 Å². The molecule has 0 atom stereocenters. The SMILES string of the molecule is CCN(C)CCNc1cc(F)ccc1N. The predicted molar refractivity (Wildman–Crippen MR) is 62.5 cm³/mol. The van der Waals surface area contributed by atoms with Crippen LogP contribution in [0.25, 0.3) is 0 Å². The van der Waals surface area contributed by atoms with Crippen molar-refractivity contribution in [1.29, 1.82) is 0 Å². The third-order valence-corrected chi connectivity index (χ3v) is 2.36. The van der Waals surface area contributed by atoms with Crippen molar-refractivity contribution < 1.29 is 4.39 Å². The van der Waals surface area contributed by atoms with Crippen LogP contribution >= 0.6 is 0 Å². The summed E-state index contributed by atoms with van der Waals surface area (Å²) in [4.78, 5) is 2.17. The van der Waals surface area contributed by atoms with Crippen LogP contribution in [0.1, 0.15) is 6.92 Å². The van der Waals surface area contributed by atoms with E-state index in [-0.39, 0.29) is 5.82 Å². The van der Waals surface area contributed by atoms with E-state index < -0.39 is 0 Å². The highest BCUT2D eigenvalue weighted by Crippen LogP contribution is 2.18. The maximum Gasteiger partial charge on any atom is 0.125 e. The number of anilines is 2. The van der Waals surface area contributed by atoms with Gasteiger partial charge < -0.3 is 16.0 Å². The monoisotopic (exact) mass is 211 g/mol. The Morgan fingerprint density at radius 2 is 2.20 bits per heavy atom. The summed E-state index contributed by atoms with van der Waals surface area (Å²) < 4.78 is 12.9. The van der Waals surface area contributed by atoms with Crippen LogP contribution < -0.4 is 11.1 Å². The lowest BCUT2D eigenvalue weighted by molar-refractivity contribution is 0.367. The molecule has 0 spiro atoms. The van der Waals surface area contributed by atoms with Gasteiger partial charge in [-0.3, -0.25) is 0 Å². The van der Waals surface area contributed by atoms with Crippen LogP contribution in [0.3, 0.4) is 0 Å². The molecule has 15 heavy (non-hydrogen) atoms. The number of hydrogen-bond acceptors (Lipinski definition) is 3. The standard InChI is InChI=1S/C11H18FN3/c1-3-15(2)7-6-14-11-8-9(12)4-5-10(11)13/h4-5,8,14H,3,6-7,13H2,1-2H3. The van der Waals surface area contributed by atoms with Crippen molar-refractivity contribution in [2.24, 2.45) is 0 Å². The number of nitrogens with one attached hydrogen (secondary N) is 1. The average molecular weight is 211 g/mol. The quantitative estimate of drug-likeness (QED) is 0.729. The molecule has 0 amide bonds. The van der Waals surface area contributed by atoms with Gasteiger partial charge in [-0.15, -0.1) is 0 Å². The third-order valence-electron chi connectivity index (χ3n) is 2.36. The first-order valence-corrected chi connectivity index (χ1v) is 5.11. The number of benzene rings is 1. The first kappa shape index (κ1) is 11.8. The number of nitrogen functional groups attached to an aromatic ring is 1. The predicted octanol–water partition coefficient (Wildman–Crippen LogP) is 1.77. The number of hydrogen-bond donors (Lipinski definition) is 2. The molecule has 1 aromatic rings. The lowest BCUT2D eigenvalue weighted by Gasteiger charge is -2.15. The topological polar surface area (TPSA) is 41.3 Å². The van der Waals surface area contributed by atoms with E-state index in [1.54, 1.807) is 6.07 Å². The smallest absolute Gasteiger partial charge is 0.125 e. The largest absolute Gasteiger partial charge is 0.397 e. The van der Waals surface area contributed by atoms with Crippen molar-refractivity contribution in [3.63, 3.8) is 0 Å². The van der Waals surface area contributed by atoms with Gasteiger partial charge in [0.05, 0.1) is 11.4 Å². The Labute approximate surface area is 90.1 Å². The molecule has 0 fully saturated rings. The second kappa shape index (κ2) is 5.56. The Balaban J connectivity index is 2.46. The fraction of sp³-hybridized carbons (Fsp3) is 0.455. The van der Waals surface area contributed by atoms with E-state index in [4.69, 9.17) is 5.73 Å². The Kier molecular flexibility index (Phi) is 4.37. The maximum absolute atomic E-state index is 12.9. The second-order valence-electron chi connectivity index (χ2n) is 3.55. The van der Waals surface area contributed by atoms with Gasteiger partial charge in [0.2, 0.25) is 0 Å². The number of likely N-dealkylation sites (N-methyl/N-ethyl adjacent to an activating group) is 1. The zero-order valence-corrected chi connectivity index (χ0v) is 9.26. The highest BCUT2D eigenvalue weighted by Gasteiger charge is 2.00. The molecular weight excluding hydrogens is 193 g/mol. The van der Waals surface area contributed by atoms with E-state index in [0.717, 1.165) is 19.6 Å². The molecule has 0 heterocycles. The third kappa shape index (κ3) is 3.75. The minimum absolute atomic E-state index is 0.268. The fourth-order valence-electron chi connectivity index (χ4n) is 1.22. The maximum atomic E-state index is 12.9. The van der Waals surface area contributed by atoms with Gasteiger partial charge >= 0.3 is 0 Å². The lowest BCUT2D eigenvalue weighted by atomic mass is 10.2. The zero-order valence-electron chi connectivity index (χ0n) is 9.26. The fourth-order valence-corrected chi connectivity index (χ4v) is 1.22. The van der Waals surface area contributed by atoms with Gasteiger partial charge in [-0.1, -0.05) is 6.92 Å². The van der Waals surface area contributed by atoms with Crippen molar-refractivity contribution in [2.45, 2.75) is 6.92 Å². The second-order valence-corrected chi connectivity index (χ2v) is 3.55. The molecule has 3 N–H and O–H groups in total. The molecule has 0 bridgehead atoms. The van der Waals surface area contributed by atoms with Crippen LogP contribution in [0.4, 0.5) is 15.8 Å². The molecule has 1 aromatic carbocycles. The first-order chi connectivity index (χ1) is 7.13. The van der Waals surface area contributed by atoms with Crippen molar-refractivity contribution in [1.82, 2.24) is 4.90 Å². The van der Waals surface area contributed by atoms with E-state index in [1.165, 1.54) is 12.1 Å². The summed E-state index contributed by atoms with van der Waals surface area (Å²) in [5.41, 5.74) is 6.94. The van der Waals surface area contributed by atoms with E-state index in [9.17, 15) is 4.39 Å². The highest BCUT2D eigenvalue weighted by atomic mass is 19.1. The molecule has 0 saturated heterocycles. The molecule has 0 radical (unpaired) electrons. The van der Waals surface area contributed by atoms with Gasteiger partial charge in [0, 0.05) is 13.1 Å². The molecule has 0 aliphatic carbocycles. The molecule has 3 nitrogen and oxygen atoms in total. The molecule has 0 aromatic heterocycles. The normalized spacial score (nSPS) is 10.7. The van der Waals surface area contributed by atoms with Crippen LogP contribution in [0.15, 0.2) is 18.2 Å². The summed E-state index contributed by atoms with van der Waals surface area (Å²) in [6, 6.07) is 4.35. The van der Waals surface area contributed by atoms with Gasteiger partial charge in [0.25, 0.3) is 0 Å². The van der Waals surface area contributed by atoms with Gasteiger partial charge in [-0.2, -0.15) is 0 Å². The summed E-state index contributed by atoms with van der Waals surface area (Å²) in [7, 11) is 2.04. The summed E-state index contributed by atoms with van der Waals surface area (Å²) in [5.74, 6) is -0.268. The van der Waals surface area contributed by atoms with Crippen LogP contribution in [0, 0.1) is 5.82 Å². The first-order valence-electron chi connectivity index (χ1n) is 5.11. The Morgan fingerprint density at radius 1 is 1.47 bits per heavy atom. The van der Waals surface area contributed by atoms with Crippen LogP contribution in [0.5, 0.6) is 0 Å². The molecule has 1 rings (SSSR count). The van der Waals surface area contributed by atoms with E-state index in [0.29, 0.717) is 11.4 Å². The lowest BCUT2D eigenvalue weighted by Crippen LogP contribution is -2.24. The van der Waals surface area contributed by atoms with Crippen molar-refractivity contribution >= 4 is 11.4 Å². The van der Waals surface area contributed by atoms with Crippen molar-refractivity contribution in [2.75, 3.05) is 37.7 Å². The zero-order chi connectivity index (χ0) is 11.3. The van der Waals surface area contributed by atoms with Crippen LogP contribution in [-0.4, -0.2) is 31.6 Å². The molecule has 0 saturated carbocycles. The molecule has 0 unspecified atom stereocenters. The minimum Gasteiger partial charge on any atom is -0.397 e. The highest BCUT2D eigenvalue weighted by molar-refractivity contribution is 5.65. The number of halogens is 1. The summed E-state index contributed by atoms with van der Waals surface area (Å²) in [6.45, 7) is 4.77. The van der Waals surface area contributed by atoms with Crippen molar-refractivity contribution in [3.8, 4) is 0 Å². The van der Waals surface area contributed by atoms with Gasteiger partial charge in [-0.05, 0) is 31.8 Å². The molecule has 0 aliphatic heterocycles. The summed E-state index contributed by atoms with van der Waals surface area (Å²) >= 11 is 0. The molecule has 0 aliphatic rings. The van der Waals surface area contributed by atoms with E-state index >= 15 is 0 Å².